The van der Waals surface area contributed by atoms with Crippen LogP contribution in [0.15, 0.2) is 18.2 Å². The summed E-state index contributed by atoms with van der Waals surface area (Å²) in [6, 6.07) is 3.37. The third-order valence-corrected chi connectivity index (χ3v) is 16.6. The summed E-state index contributed by atoms with van der Waals surface area (Å²) in [4.78, 5) is 28.2. The highest BCUT2D eigenvalue weighted by Gasteiger charge is 2.84. The molecule has 1 aromatic rings. The largest absolute Gasteiger partial charge is 0.390 e. The fourth-order valence-corrected chi connectivity index (χ4v) is 14.3. The normalized spacial score (nSPS) is 46.2. The van der Waals surface area contributed by atoms with E-state index in [-0.39, 0.29) is 76.2 Å². The number of nitrogens with two attached hydrogens (primary N) is 1. The number of morpholine rings is 1. The molecule has 288 valence electrons. The van der Waals surface area contributed by atoms with Gasteiger partial charge in [0.1, 0.15) is 17.9 Å². The van der Waals surface area contributed by atoms with E-state index in [1.54, 1.807) is 4.90 Å². The number of carbonyl (C=O) groups excluding carboxylic acids is 2. The second-order valence-electron chi connectivity index (χ2n) is 19.0. The number of aliphatic hydroxyl groups excluding tert-OH is 1. The highest BCUT2D eigenvalue weighted by molar-refractivity contribution is 5.76. The molecule has 2 spiro atoms. The number of benzene rings is 1. The minimum Gasteiger partial charge on any atom is -0.390 e. The Morgan fingerprint density at radius 1 is 1.04 bits per heavy atom. The molecule has 0 bridgehead atoms. The first kappa shape index (κ1) is 36.8. The molecule has 6 unspecified atom stereocenters. The van der Waals surface area contributed by atoms with E-state index in [2.05, 4.69) is 34.6 Å². The second-order valence-corrected chi connectivity index (χ2v) is 19.0. The molecule has 2 amide bonds. The number of primary amides is 1. The topological polar surface area (TPSA) is 115 Å². The number of rotatable bonds is 7. The molecule has 3 N–H and O–H groups in total. The van der Waals surface area contributed by atoms with Crippen LogP contribution in [0.5, 0.6) is 0 Å². The van der Waals surface area contributed by atoms with E-state index >= 15 is 0 Å². The molecular weight excluding hydrogens is 668 g/mol. The van der Waals surface area contributed by atoms with Gasteiger partial charge in [-0.2, -0.15) is 0 Å². The fraction of sp³-hybridized carbons (Fsp3) is 0.805. The van der Waals surface area contributed by atoms with Crippen molar-refractivity contribution in [1.82, 2.24) is 9.80 Å². The van der Waals surface area contributed by atoms with Crippen molar-refractivity contribution in [1.29, 1.82) is 0 Å². The smallest absolute Gasteiger partial charge is 0.231 e. The van der Waals surface area contributed by atoms with E-state index in [0.717, 1.165) is 44.6 Å². The Hall–Kier alpha value is -2.18. The van der Waals surface area contributed by atoms with Crippen LogP contribution in [0.4, 0.5) is 8.78 Å². The molecule has 52 heavy (non-hydrogen) atoms. The lowest BCUT2D eigenvalue weighted by Gasteiger charge is -2.64. The van der Waals surface area contributed by atoms with Gasteiger partial charge in [0.2, 0.25) is 11.8 Å². The second kappa shape index (κ2) is 12.4. The van der Waals surface area contributed by atoms with Crippen molar-refractivity contribution >= 4 is 11.8 Å². The zero-order chi connectivity index (χ0) is 37.2. The number of fused-ring (bicyclic) bond motifs is 4. The van der Waals surface area contributed by atoms with Crippen LogP contribution in [-0.4, -0.2) is 83.8 Å². The Bertz CT molecular complexity index is 1590. The number of halogens is 2. The van der Waals surface area contributed by atoms with Crippen molar-refractivity contribution in [2.75, 3.05) is 26.2 Å². The molecule has 13 atom stereocenters. The third-order valence-electron chi connectivity index (χ3n) is 16.6. The molecule has 8 rings (SSSR count). The summed E-state index contributed by atoms with van der Waals surface area (Å²) in [5, 5.41) is 12.6. The Balaban J connectivity index is 1.02. The summed E-state index contributed by atoms with van der Waals surface area (Å²) in [5.41, 5.74) is 5.71. The van der Waals surface area contributed by atoms with Gasteiger partial charge in [-0.15, -0.1) is 0 Å². The maximum absolute atomic E-state index is 14.1. The van der Waals surface area contributed by atoms with Crippen LogP contribution in [0.2, 0.25) is 0 Å². The molecule has 2 aliphatic heterocycles. The molecule has 7 fully saturated rings. The number of carbonyl (C=O) groups is 2. The number of nitrogens with zero attached hydrogens (tertiary/aromatic N) is 2. The van der Waals surface area contributed by atoms with Gasteiger partial charge >= 0.3 is 0 Å². The molecule has 5 saturated carbocycles. The summed E-state index contributed by atoms with van der Waals surface area (Å²) in [6.07, 6.45) is 6.20. The monoisotopic (exact) mass is 727 g/mol. The first-order valence-corrected chi connectivity index (χ1v) is 19.8. The summed E-state index contributed by atoms with van der Waals surface area (Å²) in [6.45, 7) is 15.3. The molecule has 0 radical (unpaired) electrons. The summed E-state index contributed by atoms with van der Waals surface area (Å²) in [7, 11) is 0. The van der Waals surface area contributed by atoms with Gasteiger partial charge in [0, 0.05) is 31.5 Å². The quantitative estimate of drug-likeness (QED) is 0.375. The molecule has 9 nitrogen and oxygen atoms in total. The fourth-order valence-electron chi connectivity index (χ4n) is 14.3. The Labute approximate surface area is 307 Å². The summed E-state index contributed by atoms with van der Waals surface area (Å²) in [5.74, 6) is -0.721. The predicted molar refractivity (Wildman–Crippen MR) is 189 cm³/mol. The van der Waals surface area contributed by atoms with E-state index in [1.165, 1.54) is 25.5 Å². The highest BCUT2D eigenvalue weighted by atomic mass is 19.1. The third kappa shape index (κ3) is 5.21. The molecule has 2 heterocycles. The van der Waals surface area contributed by atoms with E-state index < -0.39 is 30.1 Å². The van der Waals surface area contributed by atoms with E-state index in [0.29, 0.717) is 43.5 Å². The van der Waals surface area contributed by atoms with Crippen LogP contribution in [0.3, 0.4) is 0 Å². The Morgan fingerprint density at radius 2 is 1.73 bits per heavy atom. The minimum atomic E-state index is -0.691. The van der Waals surface area contributed by atoms with Gasteiger partial charge in [-0.25, -0.2) is 8.78 Å². The Kier molecular flexibility index (Phi) is 8.78. The molecular formula is C41H59F2N3O6. The van der Waals surface area contributed by atoms with E-state index in [9.17, 15) is 23.5 Å². The van der Waals surface area contributed by atoms with Crippen LogP contribution < -0.4 is 5.73 Å². The predicted octanol–water partition coefficient (Wildman–Crippen LogP) is 5.61. The Morgan fingerprint density at radius 3 is 2.42 bits per heavy atom. The van der Waals surface area contributed by atoms with Crippen LogP contribution in [0.25, 0.3) is 0 Å². The van der Waals surface area contributed by atoms with Crippen molar-refractivity contribution in [3.63, 3.8) is 0 Å². The summed E-state index contributed by atoms with van der Waals surface area (Å²) < 4.78 is 47.9. The SMILES string of the molecule is CC(=O)N(Cc1cc(F)cc(F)c1)C1C[C@@H](C)[C@H]2C(O1)[C@H](O)[C@@]1(C)C3CC[C@H]4C(C)(C)[C@@H](OC5CN(CC(N)=O)CCO5)CCC45CC35CC[C@]21C. The van der Waals surface area contributed by atoms with Gasteiger partial charge in [0.15, 0.2) is 6.29 Å². The maximum atomic E-state index is 14.1. The van der Waals surface area contributed by atoms with Crippen molar-refractivity contribution in [2.24, 2.45) is 56.5 Å². The standard InChI is InChI=1S/C41H59F2N3O6/c1-23-15-32(46(24(2)47)19-25-16-26(42)18-27(43)17-25)52-35-34(23)38(5)11-12-41-22-40(41)10-9-30(51-33-21-45(13-14-50-33)20-31(44)48)37(3,4)28(40)7-8-29(41)39(38,6)36(35)49/h16-18,23,28-30,32-36,49H,7-15,19-22H2,1-6H3,(H2,44,48)/t23-,28+,29?,30+,32?,33?,34+,35?,36+,38-,39-,40?,41?/m1/s1. The van der Waals surface area contributed by atoms with Gasteiger partial charge < -0.3 is 30.0 Å². The van der Waals surface area contributed by atoms with Crippen molar-refractivity contribution < 1.29 is 37.7 Å². The lowest BCUT2D eigenvalue weighted by molar-refractivity contribution is -0.248. The lowest BCUT2D eigenvalue weighted by atomic mass is 9.41. The molecule has 11 heteroatoms. The zero-order valence-corrected chi connectivity index (χ0v) is 31.8. The molecule has 7 aliphatic rings. The van der Waals surface area contributed by atoms with Gasteiger partial charge in [0.05, 0.1) is 38.0 Å². The van der Waals surface area contributed by atoms with Crippen LogP contribution in [-0.2, 0) is 30.3 Å². The van der Waals surface area contributed by atoms with E-state index in [1.807, 2.05) is 4.90 Å². The number of hydrogen-bond acceptors (Lipinski definition) is 7. The number of amides is 2. The highest BCUT2D eigenvalue weighted by Crippen LogP contribution is 2.89. The number of ether oxygens (including phenoxy) is 3. The van der Waals surface area contributed by atoms with Gasteiger partial charge in [-0.3, -0.25) is 14.5 Å². The van der Waals surface area contributed by atoms with Gasteiger partial charge in [0.25, 0.3) is 0 Å². The summed E-state index contributed by atoms with van der Waals surface area (Å²) >= 11 is 0. The van der Waals surface area contributed by atoms with Crippen molar-refractivity contribution in [3.8, 4) is 0 Å². The molecule has 2 saturated heterocycles. The van der Waals surface area contributed by atoms with Crippen molar-refractivity contribution in [3.05, 3.63) is 35.4 Å². The number of aliphatic hydroxyl groups is 1. The van der Waals surface area contributed by atoms with E-state index in [4.69, 9.17) is 19.9 Å². The average molecular weight is 728 g/mol. The van der Waals surface area contributed by atoms with Gasteiger partial charge in [-0.1, -0.05) is 34.6 Å². The maximum Gasteiger partial charge on any atom is 0.231 e. The van der Waals surface area contributed by atoms with Crippen LogP contribution >= 0.6 is 0 Å². The number of hydrogen-bond donors (Lipinski definition) is 2. The molecule has 1 aromatic carbocycles. The first-order valence-electron chi connectivity index (χ1n) is 19.8. The lowest BCUT2D eigenvalue weighted by Crippen LogP contribution is -2.60. The molecule has 5 aliphatic carbocycles. The van der Waals surface area contributed by atoms with Crippen LogP contribution in [0, 0.1) is 62.4 Å². The minimum absolute atomic E-state index is 0.0397. The average Bonchev–Trinajstić information content (AvgIpc) is 3.69. The van der Waals surface area contributed by atoms with Crippen molar-refractivity contribution in [2.45, 2.75) is 130 Å². The first-order chi connectivity index (χ1) is 24.5. The molecule has 0 aromatic heterocycles. The zero-order valence-electron chi connectivity index (χ0n) is 31.8. The van der Waals surface area contributed by atoms with Crippen LogP contribution in [0.1, 0.15) is 98.5 Å². The van der Waals surface area contributed by atoms with Gasteiger partial charge in [-0.05, 0) is 114 Å².